The first-order valence-corrected chi connectivity index (χ1v) is 9.21. The Morgan fingerprint density at radius 3 is 2.83 bits per heavy atom. The molecule has 0 unspecified atom stereocenters. The van der Waals surface area contributed by atoms with Gasteiger partial charge in [0.25, 0.3) is 0 Å². The monoisotopic (exact) mass is 357 g/mol. The lowest BCUT2D eigenvalue weighted by atomic mass is 10.2. The molecule has 1 aliphatic rings. The van der Waals surface area contributed by atoms with Crippen LogP contribution in [0.5, 0.6) is 5.75 Å². The summed E-state index contributed by atoms with van der Waals surface area (Å²) in [6, 6.07) is 1.31. The zero-order valence-corrected chi connectivity index (χ0v) is 14.3. The predicted molar refractivity (Wildman–Crippen MR) is 83.6 cm³/mol. The number of aromatic nitrogens is 4. The van der Waals surface area contributed by atoms with Gasteiger partial charge in [-0.15, -0.1) is 10.2 Å². The van der Waals surface area contributed by atoms with Gasteiger partial charge in [-0.1, -0.05) is 11.6 Å². The molecule has 3 rings (SSSR count). The number of nitrogens with zero attached hydrogens (tertiary/aromatic N) is 5. The average Bonchev–Trinajstić information content (AvgIpc) is 2.88. The summed E-state index contributed by atoms with van der Waals surface area (Å²) in [4.78, 5) is 3.95. The summed E-state index contributed by atoms with van der Waals surface area (Å²) in [6.07, 6.45) is 4.29. The third-order valence-electron chi connectivity index (χ3n) is 3.68. The topological polar surface area (TPSA) is 90.2 Å². The van der Waals surface area contributed by atoms with Crippen LogP contribution >= 0.6 is 11.6 Å². The molecule has 2 aromatic heterocycles. The number of hydrogen-bond donors (Lipinski definition) is 0. The number of halogens is 1. The second kappa shape index (κ2) is 6.06. The molecule has 3 heterocycles. The van der Waals surface area contributed by atoms with Crippen molar-refractivity contribution in [2.45, 2.75) is 26.1 Å². The normalized spacial score (nSPS) is 18.7. The van der Waals surface area contributed by atoms with Crippen LogP contribution in [0.4, 0.5) is 0 Å². The van der Waals surface area contributed by atoms with Gasteiger partial charge in [-0.25, -0.2) is 8.42 Å². The van der Waals surface area contributed by atoms with E-state index in [0.29, 0.717) is 35.5 Å². The molecule has 23 heavy (non-hydrogen) atoms. The molecule has 0 bridgehead atoms. The molecule has 0 aliphatic carbocycles. The smallest absolute Gasteiger partial charge is 0.211 e. The van der Waals surface area contributed by atoms with E-state index in [9.17, 15) is 8.42 Å². The molecule has 10 heteroatoms. The molecule has 0 spiro atoms. The molecule has 1 atom stereocenters. The molecule has 0 amide bonds. The molecule has 0 aromatic carbocycles. The van der Waals surface area contributed by atoms with Crippen LogP contribution in [0.25, 0.3) is 0 Å². The highest BCUT2D eigenvalue weighted by Crippen LogP contribution is 2.26. The Kier molecular flexibility index (Phi) is 4.26. The van der Waals surface area contributed by atoms with Crippen LogP contribution in [-0.4, -0.2) is 45.3 Å². The molecule has 8 nitrogen and oxygen atoms in total. The van der Waals surface area contributed by atoms with Gasteiger partial charge in [0.05, 0.1) is 23.5 Å². The highest BCUT2D eigenvalue weighted by atomic mass is 35.5. The van der Waals surface area contributed by atoms with Gasteiger partial charge in [0, 0.05) is 25.4 Å². The first-order chi connectivity index (χ1) is 10.9. The second-order valence-corrected chi connectivity index (χ2v) is 7.67. The van der Waals surface area contributed by atoms with Crippen LogP contribution in [-0.2, 0) is 23.2 Å². The molecular weight excluding hydrogens is 342 g/mol. The summed E-state index contributed by atoms with van der Waals surface area (Å²) in [6.45, 7) is 2.88. The van der Waals surface area contributed by atoms with E-state index in [-0.39, 0.29) is 12.6 Å². The molecule has 0 fully saturated rings. The van der Waals surface area contributed by atoms with E-state index >= 15 is 0 Å². The summed E-state index contributed by atoms with van der Waals surface area (Å²) in [7, 11) is -3.27. The van der Waals surface area contributed by atoms with Gasteiger partial charge in [-0.3, -0.25) is 4.98 Å². The van der Waals surface area contributed by atoms with Crippen molar-refractivity contribution in [1.82, 2.24) is 24.1 Å². The third-order valence-corrected chi connectivity index (χ3v) is 5.24. The van der Waals surface area contributed by atoms with Crippen molar-refractivity contribution in [3.63, 3.8) is 0 Å². The lowest BCUT2D eigenvalue weighted by Gasteiger charge is -2.31. The fraction of sp³-hybridized carbons (Fsp3) is 0.462. The van der Waals surface area contributed by atoms with Crippen LogP contribution in [0.3, 0.4) is 0 Å². The summed E-state index contributed by atoms with van der Waals surface area (Å²) >= 11 is 5.86. The summed E-state index contributed by atoms with van der Waals surface area (Å²) in [5.41, 5.74) is 0. The van der Waals surface area contributed by atoms with E-state index in [1.807, 2.05) is 4.57 Å². The van der Waals surface area contributed by atoms with Gasteiger partial charge in [-0.05, 0) is 6.92 Å². The van der Waals surface area contributed by atoms with Gasteiger partial charge in [0.2, 0.25) is 10.0 Å². The van der Waals surface area contributed by atoms with Crippen LogP contribution in [0.1, 0.15) is 24.6 Å². The molecule has 0 N–H and O–H groups in total. The van der Waals surface area contributed by atoms with Crippen molar-refractivity contribution < 1.29 is 13.2 Å². The SMILES string of the molecule is C[C@H]1c2nnc(COc3cncc(Cl)c3)n2CCN1S(C)(=O)=O. The lowest BCUT2D eigenvalue weighted by molar-refractivity contribution is 0.255. The Bertz CT molecular complexity index is 823. The molecular formula is C13H16ClN5O3S. The van der Waals surface area contributed by atoms with Crippen LogP contribution < -0.4 is 4.74 Å². The van der Waals surface area contributed by atoms with Crippen molar-refractivity contribution in [2.24, 2.45) is 0 Å². The number of sulfonamides is 1. The van der Waals surface area contributed by atoms with Crippen molar-refractivity contribution in [3.8, 4) is 5.75 Å². The third kappa shape index (κ3) is 3.31. The van der Waals surface area contributed by atoms with Crippen LogP contribution in [0.15, 0.2) is 18.5 Å². The van der Waals surface area contributed by atoms with Crippen LogP contribution in [0, 0.1) is 0 Å². The minimum Gasteiger partial charge on any atom is -0.484 e. The maximum absolute atomic E-state index is 11.8. The molecule has 0 saturated heterocycles. The van der Waals surface area contributed by atoms with E-state index in [0.717, 1.165) is 0 Å². The molecule has 0 saturated carbocycles. The molecule has 1 aliphatic heterocycles. The fourth-order valence-electron chi connectivity index (χ4n) is 2.60. The van der Waals surface area contributed by atoms with Gasteiger partial charge in [0.15, 0.2) is 11.6 Å². The van der Waals surface area contributed by atoms with Crippen molar-refractivity contribution in [3.05, 3.63) is 35.1 Å². The first-order valence-electron chi connectivity index (χ1n) is 6.98. The van der Waals surface area contributed by atoms with E-state index in [4.69, 9.17) is 16.3 Å². The largest absolute Gasteiger partial charge is 0.484 e. The standard InChI is InChI=1S/C13H16ClN5O3S/c1-9-13-17-16-12(8-22-11-5-10(14)6-15-7-11)18(13)3-4-19(9)23(2,20)21/h5-7,9H,3-4,8H2,1-2H3/t9-/m0/s1. The minimum absolute atomic E-state index is 0.209. The maximum atomic E-state index is 11.8. The van der Waals surface area contributed by atoms with Gasteiger partial charge >= 0.3 is 0 Å². The summed E-state index contributed by atoms with van der Waals surface area (Å²) in [5, 5.41) is 8.72. The molecule has 124 valence electrons. The molecule has 0 radical (unpaired) electrons. The zero-order chi connectivity index (χ0) is 16.6. The molecule has 2 aromatic rings. The number of fused-ring (bicyclic) bond motifs is 1. The van der Waals surface area contributed by atoms with E-state index in [2.05, 4.69) is 15.2 Å². The Hall–Kier alpha value is -1.71. The zero-order valence-electron chi connectivity index (χ0n) is 12.7. The van der Waals surface area contributed by atoms with Crippen molar-refractivity contribution in [2.75, 3.05) is 12.8 Å². The average molecular weight is 358 g/mol. The minimum atomic E-state index is -3.27. The Morgan fingerprint density at radius 2 is 2.13 bits per heavy atom. The van der Waals surface area contributed by atoms with E-state index in [1.165, 1.54) is 16.8 Å². The predicted octanol–water partition coefficient (Wildman–Crippen LogP) is 1.24. The number of rotatable bonds is 4. The highest BCUT2D eigenvalue weighted by molar-refractivity contribution is 7.88. The number of ether oxygens (including phenoxy) is 1. The Balaban J connectivity index is 1.78. The quantitative estimate of drug-likeness (QED) is 0.817. The highest BCUT2D eigenvalue weighted by Gasteiger charge is 2.33. The van der Waals surface area contributed by atoms with Gasteiger partial charge in [-0.2, -0.15) is 4.31 Å². The maximum Gasteiger partial charge on any atom is 0.211 e. The summed E-state index contributed by atoms with van der Waals surface area (Å²) in [5.74, 6) is 1.79. The van der Waals surface area contributed by atoms with Crippen molar-refractivity contribution >= 4 is 21.6 Å². The first kappa shape index (κ1) is 16.2. The summed E-state index contributed by atoms with van der Waals surface area (Å²) < 4.78 is 32.5. The van der Waals surface area contributed by atoms with Gasteiger partial charge in [0.1, 0.15) is 12.4 Å². The Morgan fingerprint density at radius 1 is 1.35 bits per heavy atom. The number of hydrogen-bond acceptors (Lipinski definition) is 6. The van der Waals surface area contributed by atoms with Gasteiger partial charge < -0.3 is 9.30 Å². The van der Waals surface area contributed by atoms with Crippen LogP contribution in [0.2, 0.25) is 5.02 Å². The lowest BCUT2D eigenvalue weighted by Crippen LogP contribution is -2.41. The Labute approximate surface area is 139 Å². The van der Waals surface area contributed by atoms with Crippen molar-refractivity contribution in [1.29, 1.82) is 0 Å². The van der Waals surface area contributed by atoms with E-state index in [1.54, 1.807) is 19.2 Å². The second-order valence-electron chi connectivity index (χ2n) is 5.30. The fourth-order valence-corrected chi connectivity index (χ4v) is 3.85. The van der Waals surface area contributed by atoms with E-state index < -0.39 is 10.0 Å². The number of pyridine rings is 1.